The average Bonchev–Trinajstić information content (AvgIpc) is 3.12. The van der Waals surface area contributed by atoms with Gasteiger partial charge in [-0.1, -0.05) is 18.2 Å². The molecule has 4 rings (SSSR count). The Morgan fingerprint density at radius 1 is 0.958 bits per heavy atom. The van der Waals surface area contributed by atoms with Crippen LogP contribution in [0.2, 0.25) is 0 Å². The number of hydrogen-bond donors (Lipinski definition) is 1. The van der Waals surface area contributed by atoms with Crippen molar-refractivity contribution in [1.82, 2.24) is 9.97 Å². The second-order valence-corrected chi connectivity index (χ2v) is 7.75. The van der Waals surface area contributed by atoms with Crippen molar-refractivity contribution in [2.75, 3.05) is 0 Å². The molecule has 120 valence electrons. The lowest BCUT2D eigenvalue weighted by molar-refractivity contribution is -0.0160. The number of ether oxygens (including phenoxy) is 1. The molecule has 0 radical (unpaired) electrons. The lowest BCUT2D eigenvalue weighted by atomic mass is 10.2. The van der Waals surface area contributed by atoms with Crippen molar-refractivity contribution in [2.45, 2.75) is 6.29 Å². The van der Waals surface area contributed by atoms with Crippen molar-refractivity contribution in [2.24, 2.45) is 0 Å². The van der Waals surface area contributed by atoms with Gasteiger partial charge in [0, 0.05) is 4.47 Å². The molecular formula is C17H10Br2N2O2S. The number of thiophene rings is 1. The van der Waals surface area contributed by atoms with Crippen LogP contribution in [0.3, 0.4) is 0 Å². The summed E-state index contributed by atoms with van der Waals surface area (Å²) in [5.41, 5.74) is 2.85. The van der Waals surface area contributed by atoms with Gasteiger partial charge in [-0.2, -0.15) is 0 Å². The van der Waals surface area contributed by atoms with E-state index in [0.29, 0.717) is 21.3 Å². The summed E-state index contributed by atoms with van der Waals surface area (Å²) in [6, 6.07) is 13.2. The Kier molecular flexibility index (Phi) is 4.26. The average molecular weight is 466 g/mol. The highest BCUT2D eigenvalue weighted by molar-refractivity contribution is 9.11. The minimum atomic E-state index is -1.06. The zero-order valence-corrected chi connectivity index (χ0v) is 16.1. The Labute approximate surface area is 158 Å². The molecule has 7 heteroatoms. The first kappa shape index (κ1) is 16.0. The van der Waals surface area contributed by atoms with Gasteiger partial charge in [0.2, 0.25) is 6.29 Å². The van der Waals surface area contributed by atoms with Crippen LogP contribution in [0.15, 0.2) is 56.8 Å². The molecule has 0 bridgehead atoms. The normalized spacial score (nSPS) is 12.6. The Balaban J connectivity index is 1.91. The third-order valence-corrected chi connectivity index (χ3v) is 5.59. The van der Waals surface area contributed by atoms with Crippen molar-refractivity contribution >= 4 is 65.3 Å². The third kappa shape index (κ3) is 2.82. The van der Waals surface area contributed by atoms with Gasteiger partial charge in [-0.25, -0.2) is 9.97 Å². The topological polar surface area (TPSA) is 55.2 Å². The predicted molar refractivity (Wildman–Crippen MR) is 102 cm³/mol. The first-order chi connectivity index (χ1) is 11.6. The second-order valence-electron chi connectivity index (χ2n) is 5.06. The van der Waals surface area contributed by atoms with E-state index in [-0.39, 0.29) is 0 Å². The van der Waals surface area contributed by atoms with Crippen LogP contribution >= 0.6 is 43.2 Å². The number of aliphatic hydroxyl groups excluding tert-OH is 1. The van der Waals surface area contributed by atoms with Crippen LogP contribution in [0, 0.1) is 0 Å². The van der Waals surface area contributed by atoms with E-state index in [1.54, 1.807) is 0 Å². The summed E-state index contributed by atoms with van der Waals surface area (Å²) in [7, 11) is 0. The number of nitrogens with zero attached hydrogens (tertiary/aromatic N) is 2. The SMILES string of the molecule is OC(Oc1c(Br)cc(Br)c2nc3ccccc3nc12)c1cccs1. The van der Waals surface area contributed by atoms with Crippen molar-refractivity contribution in [3.05, 3.63) is 61.7 Å². The zero-order chi connectivity index (χ0) is 16.7. The lowest BCUT2D eigenvalue weighted by Crippen LogP contribution is -2.06. The first-order valence-corrected chi connectivity index (χ1v) is 9.52. The molecule has 0 aliphatic heterocycles. The number of aliphatic hydroxyl groups is 1. The van der Waals surface area contributed by atoms with E-state index in [1.807, 2.05) is 47.8 Å². The smallest absolute Gasteiger partial charge is 0.233 e. The van der Waals surface area contributed by atoms with E-state index in [9.17, 15) is 5.11 Å². The Bertz CT molecular complexity index is 1040. The van der Waals surface area contributed by atoms with Crippen molar-refractivity contribution < 1.29 is 9.84 Å². The summed E-state index contributed by atoms with van der Waals surface area (Å²) in [4.78, 5) is 10.1. The van der Waals surface area contributed by atoms with Gasteiger partial charge in [0.05, 0.1) is 20.4 Å². The second kappa shape index (κ2) is 6.40. The Morgan fingerprint density at radius 2 is 1.67 bits per heavy atom. The fourth-order valence-electron chi connectivity index (χ4n) is 2.40. The molecule has 0 aliphatic rings. The number of hydrogen-bond acceptors (Lipinski definition) is 5. The maximum Gasteiger partial charge on any atom is 0.233 e. The summed E-state index contributed by atoms with van der Waals surface area (Å²) in [5, 5.41) is 12.2. The van der Waals surface area contributed by atoms with Crippen molar-refractivity contribution in [3.8, 4) is 5.75 Å². The summed E-state index contributed by atoms with van der Waals surface area (Å²) in [5.74, 6) is 0.465. The van der Waals surface area contributed by atoms with Crippen LogP contribution in [0.25, 0.3) is 22.1 Å². The fourth-order valence-corrected chi connectivity index (χ4v) is 4.36. The van der Waals surface area contributed by atoms with Gasteiger partial charge in [0.1, 0.15) is 11.0 Å². The van der Waals surface area contributed by atoms with Gasteiger partial charge in [-0.3, -0.25) is 0 Å². The minimum Gasteiger partial charge on any atom is -0.456 e. The number of halogens is 2. The third-order valence-electron chi connectivity index (χ3n) is 3.50. The number of benzene rings is 2. The summed E-state index contributed by atoms with van der Waals surface area (Å²) in [6.45, 7) is 0. The molecule has 1 atom stereocenters. The first-order valence-electron chi connectivity index (χ1n) is 7.06. The highest BCUT2D eigenvalue weighted by Crippen LogP contribution is 2.39. The highest BCUT2D eigenvalue weighted by atomic mass is 79.9. The van der Waals surface area contributed by atoms with E-state index in [1.165, 1.54) is 11.3 Å². The molecule has 0 aliphatic carbocycles. The Morgan fingerprint density at radius 3 is 2.33 bits per heavy atom. The molecule has 24 heavy (non-hydrogen) atoms. The van der Waals surface area contributed by atoms with Gasteiger partial charge in [-0.05, 0) is 61.5 Å². The predicted octanol–water partition coefficient (Wildman–Crippen LogP) is 5.44. The molecule has 0 saturated heterocycles. The number of para-hydroxylation sites is 2. The molecule has 2 heterocycles. The quantitative estimate of drug-likeness (QED) is 0.323. The van der Waals surface area contributed by atoms with E-state index in [0.717, 1.165) is 20.4 Å². The van der Waals surface area contributed by atoms with E-state index < -0.39 is 6.29 Å². The van der Waals surface area contributed by atoms with Gasteiger partial charge < -0.3 is 9.84 Å². The summed E-state index contributed by atoms with van der Waals surface area (Å²) >= 11 is 8.45. The number of fused-ring (bicyclic) bond motifs is 2. The van der Waals surface area contributed by atoms with Gasteiger partial charge >= 0.3 is 0 Å². The number of rotatable bonds is 3. The van der Waals surface area contributed by atoms with Gasteiger partial charge in [-0.15, -0.1) is 11.3 Å². The molecular weight excluding hydrogens is 456 g/mol. The van der Waals surface area contributed by atoms with E-state index in [4.69, 9.17) is 4.74 Å². The van der Waals surface area contributed by atoms with Crippen molar-refractivity contribution in [1.29, 1.82) is 0 Å². The highest BCUT2D eigenvalue weighted by Gasteiger charge is 2.19. The number of aromatic nitrogens is 2. The standard InChI is InChI=1S/C17H10Br2N2O2S/c18-9-8-10(19)16(23-17(22)13-6-3-7-24-13)15-14(9)20-11-4-1-2-5-12(11)21-15/h1-8,17,22H. The Hall–Kier alpha value is -1.54. The van der Waals surface area contributed by atoms with Gasteiger partial charge in [0.15, 0.2) is 5.75 Å². The maximum atomic E-state index is 10.3. The van der Waals surface area contributed by atoms with E-state index in [2.05, 4.69) is 41.8 Å². The molecule has 1 N–H and O–H groups in total. The molecule has 0 spiro atoms. The minimum absolute atomic E-state index is 0.465. The molecule has 2 aromatic heterocycles. The zero-order valence-electron chi connectivity index (χ0n) is 12.1. The van der Waals surface area contributed by atoms with Crippen LogP contribution in [0.5, 0.6) is 5.75 Å². The van der Waals surface area contributed by atoms with Crippen molar-refractivity contribution in [3.63, 3.8) is 0 Å². The molecule has 0 saturated carbocycles. The molecule has 2 aromatic carbocycles. The molecule has 4 aromatic rings. The molecule has 0 fully saturated rings. The summed E-state index contributed by atoms with van der Waals surface area (Å²) in [6.07, 6.45) is -1.06. The van der Waals surface area contributed by atoms with Crippen LogP contribution in [0.1, 0.15) is 11.2 Å². The molecule has 1 unspecified atom stereocenters. The van der Waals surface area contributed by atoms with Crippen LogP contribution in [0.4, 0.5) is 0 Å². The maximum absolute atomic E-state index is 10.3. The molecule has 0 amide bonds. The lowest BCUT2D eigenvalue weighted by Gasteiger charge is -2.16. The molecule has 4 nitrogen and oxygen atoms in total. The monoisotopic (exact) mass is 464 g/mol. The largest absolute Gasteiger partial charge is 0.456 e. The van der Waals surface area contributed by atoms with Crippen LogP contribution < -0.4 is 4.74 Å². The van der Waals surface area contributed by atoms with Gasteiger partial charge in [0.25, 0.3) is 0 Å². The van der Waals surface area contributed by atoms with Crippen LogP contribution in [-0.4, -0.2) is 15.1 Å². The fraction of sp³-hybridized carbons (Fsp3) is 0.0588. The summed E-state index contributed by atoms with van der Waals surface area (Å²) < 4.78 is 7.30. The van der Waals surface area contributed by atoms with E-state index >= 15 is 0 Å². The van der Waals surface area contributed by atoms with Crippen LogP contribution in [-0.2, 0) is 0 Å².